The van der Waals surface area contributed by atoms with Gasteiger partial charge in [0.15, 0.2) is 0 Å². The summed E-state index contributed by atoms with van der Waals surface area (Å²) >= 11 is 0. The number of nitrogens with zero attached hydrogens (tertiary/aromatic N) is 2. The molecule has 114 valence electrons. The third-order valence-corrected chi connectivity index (χ3v) is 3.22. The maximum Gasteiger partial charge on any atom is 0.276 e. The molecular formula is C17H19N3O2. The first kappa shape index (κ1) is 15.7. The van der Waals surface area contributed by atoms with Crippen molar-refractivity contribution in [2.75, 3.05) is 18.5 Å². The van der Waals surface area contributed by atoms with Crippen LogP contribution in [-0.2, 0) is 0 Å². The average molecular weight is 297 g/mol. The van der Waals surface area contributed by atoms with E-state index in [9.17, 15) is 9.59 Å². The Bertz CT molecular complexity index is 656. The van der Waals surface area contributed by atoms with Crippen LogP contribution in [0.15, 0.2) is 48.7 Å². The van der Waals surface area contributed by atoms with Crippen LogP contribution in [0.4, 0.5) is 5.69 Å². The minimum Gasteiger partial charge on any atom is -0.352 e. The number of nitrogens with one attached hydrogen (secondary N) is 1. The molecule has 22 heavy (non-hydrogen) atoms. The van der Waals surface area contributed by atoms with Crippen molar-refractivity contribution in [1.29, 1.82) is 0 Å². The Morgan fingerprint density at radius 3 is 2.59 bits per heavy atom. The summed E-state index contributed by atoms with van der Waals surface area (Å²) in [6, 6.07) is 12.4. The Kier molecular flexibility index (Phi) is 5.25. The zero-order chi connectivity index (χ0) is 15.9. The highest BCUT2D eigenvalue weighted by atomic mass is 16.2. The van der Waals surface area contributed by atoms with Crippen LogP contribution >= 0.6 is 0 Å². The van der Waals surface area contributed by atoms with Gasteiger partial charge in [-0.25, -0.2) is 0 Å². The van der Waals surface area contributed by atoms with Gasteiger partial charge in [-0.15, -0.1) is 0 Å². The van der Waals surface area contributed by atoms with Gasteiger partial charge in [-0.1, -0.05) is 25.1 Å². The molecule has 5 nitrogen and oxygen atoms in total. The molecule has 0 bridgehead atoms. The molecule has 2 aromatic rings. The van der Waals surface area contributed by atoms with Crippen LogP contribution in [-0.4, -0.2) is 30.4 Å². The van der Waals surface area contributed by atoms with Crippen molar-refractivity contribution in [2.45, 2.75) is 13.3 Å². The fraction of sp³-hybridized carbons (Fsp3) is 0.235. The van der Waals surface area contributed by atoms with E-state index in [0.717, 1.165) is 12.1 Å². The molecule has 0 aliphatic rings. The van der Waals surface area contributed by atoms with Gasteiger partial charge in [-0.3, -0.25) is 14.6 Å². The first-order chi connectivity index (χ1) is 10.6. The number of benzene rings is 1. The topological polar surface area (TPSA) is 62.3 Å². The summed E-state index contributed by atoms with van der Waals surface area (Å²) in [4.78, 5) is 30.0. The Hall–Kier alpha value is -2.69. The molecule has 5 heteroatoms. The zero-order valence-corrected chi connectivity index (χ0v) is 12.7. The number of carbonyl (C=O) groups is 2. The SMILES string of the molecule is CCCNC(=O)c1ccnc(C(=O)N(C)c2ccccc2)c1. The molecule has 0 aliphatic carbocycles. The van der Waals surface area contributed by atoms with E-state index < -0.39 is 0 Å². The van der Waals surface area contributed by atoms with E-state index in [0.29, 0.717) is 12.1 Å². The second kappa shape index (κ2) is 7.36. The van der Waals surface area contributed by atoms with Gasteiger partial charge in [0.25, 0.3) is 11.8 Å². The van der Waals surface area contributed by atoms with Gasteiger partial charge in [0.2, 0.25) is 0 Å². The molecule has 0 fully saturated rings. The lowest BCUT2D eigenvalue weighted by molar-refractivity contribution is 0.0953. The van der Waals surface area contributed by atoms with Gasteiger partial charge in [0, 0.05) is 31.0 Å². The largest absolute Gasteiger partial charge is 0.352 e. The van der Waals surface area contributed by atoms with E-state index in [2.05, 4.69) is 10.3 Å². The van der Waals surface area contributed by atoms with Crippen LogP contribution in [0.5, 0.6) is 0 Å². The van der Waals surface area contributed by atoms with Crippen molar-refractivity contribution < 1.29 is 9.59 Å². The maximum absolute atomic E-state index is 12.5. The molecule has 0 radical (unpaired) electrons. The van der Waals surface area contributed by atoms with E-state index in [-0.39, 0.29) is 17.5 Å². The Balaban J connectivity index is 2.18. The molecule has 0 saturated carbocycles. The van der Waals surface area contributed by atoms with Crippen LogP contribution in [0.1, 0.15) is 34.2 Å². The zero-order valence-electron chi connectivity index (χ0n) is 12.7. The van der Waals surface area contributed by atoms with Gasteiger partial charge >= 0.3 is 0 Å². The quantitative estimate of drug-likeness (QED) is 0.922. The molecule has 2 rings (SSSR count). The Morgan fingerprint density at radius 2 is 1.91 bits per heavy atom. The van der Waals surface area contributed by atoms with E-state index in [1.807, 2.05) is 37.3 Å². The fourth-order valence-corrected chi connectivity index (χ4v) is 1.97. The monoisotopic (exact) mass is 297 g/mol. The van der Waals surface area contributed by atoms with Crippen molar-refractivity contribution >= 4 is 17.5 Å². The molecule has 0 saturated heterocycles. The van der Waals surface area contributed by atoms with Crippen LogP contribution in [0, 0.1) is 0 Å². The second-order valence-electron chi connectivity index (χ2n) is 4.89. The van der Waals surface area contributed by atoms with E-state index in [1.54, 1.807) is 13.1 Å². The highest BCUT2D eigenvalue weighted by Crippen LogP contribution is 2.14. The van der Waals surface area contributed by atoms with E-state index in [4.69, 9.17) is 0 Å². The second-order valence-corrected chi connectivity index (χ2v) is 4.89. The van der Waals surface area contributed by atoms with Crippen LogP contribution in [0.2, 0.25) is 0 Å². The number of hydrogen-bond donors (Lipinski definition) is 1. The van der Waals surface area contributed by atoms with Crippen LogP contribution < -0.4 is 10.2 Å². The highest BCUT2D eigenvalue weighted by molar-refractivity contribution is 6.06. The van der Waals surface area contributed by atoms with E-state index >= 15 is 0 Å². The number of carbonyl (C=O) groups excluding carboxylic acids is 2. The molecule has 1 aromatic carbocycles. The Labute approximate surface area is 130 Å². The molecule has 1 N–H and O–H groups in total. The number of pyridine rings is 1. The number of para-hydroxylation sites is 1. The van der Waals surface area contributed by atoms with E-state index in [1.165, 1.54) is 17.2 Å². The molecule has 0 aliphatic heterocycles. The third-order valence-electron chi connectivity index (χ3n) is 3.22. The molecular weight excluding hydrogens is 278 g/mol. The van der Waals surface area contributed by atoms with Crippen molar-refractivity contribution in [3.05, 3.63) is 59.9 Å². The van der Waals surface area contributed by atoms with Crippen molar-refractivity contribution in [2.24, 2.45) is 0 Å². The van der Waals surface area contributed by atoms with Crippen molar-refractivity contribution in [3.63, 3.8) is 0 Å². The summed E-state index contributed by atoms with van der Waals surface area (Å²) in [5.74, 6) is -0.447. The normalized spacial score (nSPS) is 10.1. The maximum atomic E-state index is 12.5. The van der Waals surface area contributed by atoms with Gasteiger partial charge in [-0.05, 0) is 30.7 Å². The molecule has 1 heterocycles. The molecule has 0 unspecified atom stereocenters. The molecule has 1 aromatic heterocycles. The number of amides is 2. The molecule has 0 spiro atoms. The number of hydrogen-bond acceptors (Lipinski definition) is 3. The summed E-state index contributed by atoms with van der Waals surface area (Å²) in [5, 5.41) is 2.78. The highest BCUT2D eigenvalue weighted by Gasteiger charge is 2.16. The number of aromatic nitrogens is 1. The summed E-state index contributed by atoms with van der Waals surface area (Å²) in [5.41, 5.74) is 1.46. The van der Waals surface area contributed by atoms with Gasteiger partial charge < -0.3 is 10.2 Å². The predicted molar refractivity (Wildman–Crippen MR) is 86.0 cm³/mol. The average Bonchev–Trinajstić information content (AvgIpc) is 2.59. The van der Waals surface area contributed by atoms with Crippen molar-refractivity contribution in [3.8, 4) is 0 Å². The minimum atomic E-state index is -0.253. The third kappa shape index (κ3) is 3.69. The molecule has 2 amide bonds. The summed E-state index contributed by atoms with van der Waals surface area (Å²) in [7, 11) is 1.68. The van der Waals surface area contributed by atoms with Crippen LogP contribution in [0.25, 0.3) is 0 Å². The van der Waals surface area contributed by atoms with Crippen molar-refractivity contribution in [1.82, 2.24) is 10.3 Å². The van der Waals surface area contributed by atoms with Gasteiger partial charge in [0.05, 0.1) is 0 Å². The number of rotatable bonds is 5. The summed E-state index contributed by atoms with van der Waals surface area (Å²) < 4.78 is 0. The lowest BCUT2D eigenvalue weighted by Gasteiger charge is -2.17. The lowest BCUT2D eigenvalue weighted by atomic mass is 10.2. The number of anilines is 1. The minimum absolute atomic E-state index is 0.194. The summed E-state index contributed by atoms with van der Waals surface area (Å²) in [6.45, 7) is 2.59. The lowest BCUT2D eigenvalue weighted by Crippen LogP contribution is -2.28. The van der Waals surface area contributed by atoms with Crippen LogP contribution in [0.3, 0.4) is 0 Å². The predicted octanol–water partition coefficient (Wildman–Crippen LogP) is 2.50. The fourth-order valence-electron chi connectivity index (χ4n) is 1.97. The first-order valence-electron chi connectivity index (χ1n) is 7.21. The first-order valence-corrected chi connectivity index (χ1v) is 7.21. The summed E-state index contributed by atoms with van der Waals surface area (Å²) in [6.07, 6.45) is 2.34. The molecule has 0 atom stereocenters. The smallest absolute Gasteiger partial charge is 0.276 e. The van der Waals surface area contributed by atoms with Gasteiger partial charge in [0.1, 0.15) is 5.69 Å². The Morgan fingerprint density at radius 1 is 1.18 bits per heavy atom. The standard InChI is InChI=1S/C17H19N3O2/c1-3-10-19-16(21)13-9-11-18-15(12-13)17(22)20(2)14-7-5-4-6-8-14/h4-9,11-12H,3,10H2,1-2H3,(H,19,21). The van der Waals surface area contributed by atoms with Gasteiger partial charge in [-0.2, -0.15) is 0 Å².